The van der Waals surface area contributed by atoms with Gasteiger partial charge in [0.1, 0.15) is 6.54 Å². The molecule has 0 aliphatic carbocycles. The highest BCUT2D eigenvalue weighted by molar-refractivity contribution is 7.19. The molecule has 0 spiro atoms. The molecule has 1 aromatic carbocycles. The number of benzene rings is 1. The molecule has 1 aliphatic heterocycles. The Kier molecular flexibility index (Phi) is 5.64. The number of carbonyl (C=O) groups is 2. The fourth-order valence-corrected chi connectivity index (χ4v) is 4.41. The number of anilines is 1. The number of rotatable bonds is 3. The monoisotopic (exact) mass is 432 g/mol. The highest BCUT2D eigenvalue weighted by Crippen LogP contribution is 2.39. The van der Waals surface area contributed by atoms with Crippen LogP contribution < -0.4 is 10.6 Å². The number of piperazine rings is 1. The third-order valence-electron chi connectivity index (χ3n) is 4.78. The Labute approximate surface area is 183 Å². The van der Waals surface area contributed by atoms with Gasteiger partial charge in [-0.2, -0.15) is 5.26 Å². The van der Waals surface area contributed by atoms with Gasteiger partial charge in [0, 0.05) is 30.0 Å². The second-order valence-corrected chi connectivity index (χ2v) is 8.23. The molecule has 0 bridgehead atoms. The number of aromatic nitrogens is 2. The summed E-state index contributed by atoms with van der Waals surface area (Å²) in [5, 5.41) is 15.2. The van der Waals surface area contributed by atoms with Crippen molar-refractivity contribution in [2.24, 2.45) is 0 Å². The number of nitrogens with zero attached hydrogens (tertiary/aromatic N) is 4. The molecule has 2 N–H and O–H groups in total. The lowest BCUT2D eigenvalue weighted by Gasteiger charge is -2.26. The fraction of sp³-hybridized carbons (Fsp3) is 0.227. The van der Waals surface area contributed by atoms with E-state index in [1.807, 2.05) is 38.1 Å². The van der Waals surface area contributed by atoms with Gasteiger partial charge in [-0.1, -0.05) is 23.5 Å². The quantitative estimate of drug-likeness (QED) is 0.660. The van der Waals surface area contributed by atoms with Crippen LogP contribution >= 0.6 is 11.3 Å². The minimum atomic E-state index is -0.366. The van der Waals surface area contributed by atoms with Gasteiger partial charge in [0.05, 0.1) is 22.2 Å². The van der Waals surface area contributed by atoms with Crippen LogP contribution in [0.25, 0.3) is 21.7 Å². The van der Waals surface area contributed by atoms with Crippen LogP contribution in [0, 0.1) is 25.2 Å². The third-order valence-corrected chi connectivity index (χ3v) is 5.80. The van der Waals surface area contributed by atoms with Gasteiger partial charge in [0.15, 0.2) is 5.13 Å². The van der Waals surface area contributed by atoms with E-state index in [1.165, 1.54) is 16.2 Å². The summed E-state index contributed by atoms with van der Waals surface area (Å²) >= 11 is 1.35. The van der Waals surface area contributed by atoms with Gasteiger partial charge in [-0.05, 0) is 43.7 Å². The first-order valence-electron chi connectivity index (χ1n) is 9.72. The first-order chi connectivity index (χ1) is 14.9. The molecule has 2 aromatic heterocycles. The van der Waals surface area contributed by atoms with Gasteiger partial charge < -0.3 is 10.2 Å². The maximum atomic E-state index is 12.7. The average molecular weight is 433 g/mol. The van der Waals surface area contributed by atoms with Crippen molar-refractivity contribution in [3.8, 4) is 27.8 Å². The van der Waals surface area contributed by atoms with E-state index in [4.69, 9.17) is 0 Å². The van der Waals surface area contributed by atoms with Crippen molar-refractivity contribution in [3.05, 3.63) is 53.3 Å². The normalized spacial score (nSPS) is 13.5. The Bertz CT molecular complexity index is 1190. The Morgan fingerprint density at radius 1 is 1.19 bits per heavy atom. The molecule has 9 heteroatoms. The first kappa shape index (κ1) is 20.5. The molecule has 3 amide bonds. The van der Waals surface area contributed by atoms with E-state index in [0.29, 0.717) is 29.5 Å². The van der Waals surface area contributed by atoms with Crippen molar-refractivity contribution in [1.29, 1.82) is 5.26 Å². The van der Waals surface area contributed by atoms with Gasteiger partial charge in [0.2, 0.25) is 5.91 Å². The third kappa shape index (κ3) is 4.54. The van der Waals surface area contributed by atoms with Crippen molar-refractivity contribution >= 4 is 28.4 Å². The van der Waals surface area contributed by atoms with Crippen molar-refractivity contribution in [2.45, 2.75) is 13.8 Å². The van der Waals surface area contributed by atoms with E-state index in [1.54, 1.807) is 12.1 Å². The van der Waals surface area contributed by atoms with Crippen LogP contribution in [-0.2, 0) is 4.79 Å². The van der Waals surface area contributed by atoms with Crippen molar-refractivity contribution in [2.75, 3.05) is 25.0 Å². The first-order valence-corrected chi connectivity index (χ1v) is 10.5. The van der Waals surface area contributed by atoms with E-state index >= 15 is 0 Å². The van der Waals surface area contributed by atoms with Gasteiger partial charge in [0.25, 0.3) is 0 Å². The molecular formula is C22H20N6O2S. The van der Waals surface area contributed by atoms with Gasteiger partial charge >= 0.3 is 6.03 Å². The molecular weight excluding hydrogens is 412 g/mol. The molecule has 0 saturated carbocycles. The molecule has 8 nitrogen and oxygen atoms in total. The molecule has 0 unspecified atom stereocenters. The Balaban J connectivity index is 1.74. The highest BCUT2D eigenvalue weighted by Gasteiger charge is 2.23. The molecule has 1 fully saturated rings. The smallest absolute Gasteiger partial charge is 0.324 e. The van der Waals surface area contributed by atoms with Crippen LogP contribution in [0.1, 0.15) is 17.0 Å². The maximum Gasteiger partial charge on any atom is 0.324 e. The summed E-state index contributed by atoms with van der Waals surface area (Å²) in [6, 6.07) is 12.9. The number of nitrogens with one attached hydrogen (secondary N) is 2. The zero-order valence-electron chi connectivity index (χ0n) is 17.1. The van der Waals surface area contributed by atoms with Crippen LogP contribution in [0.4, 0.5) is 9.93 Å². The topological polar surface area (TPSA) is 111 Å². The van der Waals surface area contributed by atoms with Crippen LogP contribution in [0.3, 0.4) is 0 Å². The Hall–Kier alpha value is -3.77. The van der Waals surface area contributed by atoms with Crippen LogP contribution in [0.2, 0.25) is 0 Å². The molecule has 0 radical (unpaired) electrons. The summed E-state index contributed by atoms with van der Waals surface area (Å²) in [7, 11) is 0. The van der Waals surface area contributed by atoms with E-state index in [2.05, 4.69) is 26.7 Å². The number of hydrogen-bond donors (Lipinski definition) is 2. The number of urea groups is 1. The fourth-order valence-electron chi connectivity index (χ4n) is 3.45. The summed E-state index contributed by atoms with van der Waals surface area (Å²) in [4.78, 5) is 35.7. The predicted molar refractivity (Wildman–Crippen MR) is 119 cm³/mol. The SMILES string of the molecule is Cc1cc(-c2sc(NC(=O)N3CCNC(=O)C3)nc2-c2cccc(C#N)c2)cc(C)n1. The van der Waals surface area contributed by atoms with Crippen LogP contribution in [0.15, 0.2) is 36.4 Å². The predicted octanol–water partition coefficient (Wildman–Crippen LogP) is 3.32. The molecule has 1 aliphatic rings. The number of nitriles is 1. The largest absolute Gasteiger partial charge is 0.353 e. The van der Waals surface area contributed by atoms with Crippen LogP contribution in [-0.4, -0.2) is 46.4 Å². The van der Waals surface area contributed by atoms with E-state index in [0.717, 1.165) is 27.4 Å². The number of hydrogen-bond acceptors (Lipinski definition) is 6. The molecule has 0 atom stereocenters. The summed E-state index contributed by atoms with van der Waals surface area (Å²) in [5.41, 5.74) is 4.70. The lowest BCUT2D eigenvalue weighted by atomic mass is 10.0. The zero-order chi connectivity index (χ0) is 22.0. The number of pyridine rings is 1. The van der Waals surface area contributed by atoms with Gasteiger partial charge in [-0.3, -0.25) is 15.1 Å². The molecule has 4 rings (SSSR count). The highest BCUT2D eigenvalue weighted by atomic mass is 32.1. The molecule has 31 heavy (non-hydrogen) atoms. The lowest BCUT2D eigenvalue weighted by molar-refractivity contribution is -0.123. The van der Waals surface area contributed by atoms with Crippen molar-refractivity contribution in [3.63, 3.8) is 0 Å². The summed E-state index contributed by atoms with van der Waals surface area (Å²) < 4.78 is 0. The van der Waals surface area contributed by atoms with Crippen molar-refractivity contribution in [1.82, 2.24) is 20.2 Å². The average Bonchev–Trinajstić information content (AvgIpc) is 3.17. The Morgan fingerprint density at radius 3 is 2.68 bits per heavy atom. The number of thiazole rings is 1. The Morgan fingerprint density at radius 2 is 1.97 bits per heavy atom. The number of carbonyl (C=O) groups excluding carboxylic acids is 2. The molecule has 1 saturated heterocycles. The summed E-state index contributed by atoms with van der Waals surface area (Å²) in [5.74, 6) is -0.182. The molecule has 3 heterocycles. The summed E-state index contributed by atoms with van der Waals surface area (Å²) in [6.45, 7) is 4.74. The molecule has 156 valence electrons. The van der Waals surface area contributed by atoms with Gasteiger partial charge in [-0.25, -0.2) is 9.78 Å². The standard InChI is InChI=1S/C22H20N6O2S/c1-13-8-17(9-14(2)25-13)20-19(16-5-3-4-15(10-16)11-23)26-21(31-20)27-22(30)28-7-6-24-18(29)12-28/h3-5,8-10H,6-7,12H2,1-2H3,(H,24,29)(H,26,27,30). The van der Waals surface area contributed by atoms with E-state index in [9.17, 15) is 14.9 Å². The van der Waals surface area contributed by atoms with Gasteiger partial charge in [-0.15, -0.1) is 0 Å². The minimum absolute atomic E-state index is 0.0177. The van der Waals surface area contributed by atoms with E-state index in [-0.39, 0.29) is 18.5 Å². The second kappa shape index (κ2) is 8.53. The van der Waals surface area contributed by atoms with Crippen molar-refractivity contribution < 1.29 is 9.59 Å². The zero-order valence-corrected chi connectivity index (χ0v) is 17.9. The molecule has 3 aromatic rings. The van der Waals surface area contributed by atoms with E-state index < -0.39 is 0 Å². The maximum absolute atomic E-state index is 12.7. The second-order valence-electron chi connectivity index (χ2n) is 7.23. The number of amides is 3. The minimum Gasteiger partial charge on any atom is -0.353 e. The lowest BCUT2D eigenvalue weighted by Crippen LogP contribution is -2.51. The number of aryl methyl sites for hydroxylation is 2. The summed E-state index contributed by atoms with van der Waals surface area (Å²) in [6.07, 6.45) is 0. The van der Waals surface area contributed by atoms with Crippen LogP contribution in [0.5, 0.6) is 0 Å².